The molecule has 25 heavy (non-hydrogen) atoms. The van der Waals surface area contributed by atoms with Gasteiger partial charge in [-0.2, -0.15) is 10.1 Å². The fourth-order valence-corrected chi connectivity index (χ4v) is 2.89. The molecule has 1 N–H and O–H groups in total. The van der Waals surface area contributed by atoms with E-state index < -0.39 is 17.7 Å². The van der Waals surface area contributed by atoms with E-state index in [1.807, 2.05) is 0 Å². The van der Waals surface area contributed by atoms with E-state index in [-0.39, 0.29) is 6.04 Å². The van der Waals surface area contributed by atoms with Crippen LogP contribution in [0.15, 0.2) is 35.7 Å². The first kappa shape index (κ1) is 17.1. The molecule has 0 radical (unpaired) electrons. The molecule has 2 unspecified atom stereocenters. The first-order chi connectivity index (χ1) is 11.9. The van der Waals surface area contributed by atoms with Crippen molar-refractivity contribution in [2.24, 2.45) is 18.1 Å². The molecule has 2 amide bonds. The second kappa shape index (κ2) is 6.64. The Morgan fingerprint density at radius 1 is 1.40 bits per heavy atom. The van der Waals surface area contributed by atoms with Gasteiger partial charge in [-0.3, -0.25) is 9.59 Å². The van der Waals surface area contributed by atoms with Crippen molar-refractivity contribution >= 4 is 34.8 Å². The zero-order valence-electron chi connectivity index (χ0n) is 14.0. The van der Waals surface area contributed by atoms with Crippen molar-refractivity contribution in [2.75, 3.05) is 5.01 Å². The molecule has 2 heterocycles. The number of carbonyl (C=O) groups excluding carboxylic acids is 2. The number of benzene rings is 1. The van der Waals surface area contributed by atoms with Crippen molar-refractivity contribution in [1.82, 2.24) is 20.1 Å². The molecule has 0 spiro atoms. The van der Waals surface area contributed by atoms with Gasteiger partial charge in [-0.25, -0.2) is 0 Å². The lowest BCUT2D eigenvalue weighted by Crippen LogP contribution is -2.41. The summed E-state index contributed by atoms with van der Waals surface area (Å²) in [5.41, 5.74) is 0.946. The van der Waals surface area contributed by atoms with Crippen LogP contribution in [0.2, 0.25) is 5.02 Å². The summed E-state index contributed by atoms with van der Waals surface area (Å²) in [5.74, 6) is -1.22. The molecule has 0 fully saturated rings. The van der Waals surface area contributed by atoms with E-state index in [2.05, 4.69) is 20.6 Å². The highest BCUT2D eigenvalue weighted by Crippen LogP contribution is 2.26. The highest BCUT2D eigenvalue weighted by Gasteiger charge is 2.40. The third-order valence-electron chi connectivity index (χ3n) is 3.94. The summed E-state index contributed by atoms with van der Waals surface area (Å²) >= 11 is 5.97. The number of rotatable bonds is 4. The number of halogens is 1. The number of nitrogens with one attached hydrogen (secondary N) is 1. The molecule has 9 heteroatoms. The third kappa shape index (κ3) is 3.25. The Balaban J connectivity index is 1.77. The van der Waals surface area contributed by atoms with E-state index in [0.29, 0.717) is 22.2 Å². The summed E-state index contributed by atoms with van der Waals surface area (Å²) in [6.45, 7) is 3.43. The number of amides is 2. The summed E-state index contributed by atoms with van der Waals surface area (Å²) in [6.07, 6.45) is 1.55. The minimum Gasteiger partial charge on any atom is -0.345 e. The predicted octanol–water partition coefficient (Wildman–Crippen LogP) is 1.68. The molecule has 0 saturated heterocycles. The minimum atomic E-state index is -0.977. The van der Waals surface area contributed by atoms with E-state index in [1.165, 1.54) is 5.01 Å². The topological polar surface area (TPSA) is 92.5 Å². The van der Waals surface area contributed by atoms with Gasteiger partial charge in [0.2, 0.25) is 5.91 Å². The van der Waals surface area contributed by atoms with Gasteiger partial charge in [0.1, 0.15) is 6.33 Å². The summed E-state index contributed by atoms with van der Waals surface area (Å²) in [4.78, 5) is 25.3. The average molecular weight is 361 g/mol. The molecule has 1 aromatic heterocycles. The van der Waals surface area contributed by atoms with Gasteiger partial charge in [0, 0.05) is 12.1 Å². The van der Waals surface area contributed by atoms with E-state index in [1.54, 1.807) is 56.1 Å². The molecular formula is C16H17ClN6O2. The van der Waals surface area contributed by atoms with Crippen molar-refractivity contribution < 1.29 is 9.59 Å². The molecule has 3 rings (SSSR count). The first-order valence-corrected chi connectivity index (χ1v) is 8.05. The molecule has 1 aliphatic rings. The number of aromatic nitrogens is 3. The quantitative estimate of drug-likeness (QED) is 0.839. The van der Waals surface area contributed by atoms with Gasteiger partial charge in [0.25, 0.3) is 5.91 Å². The van der Waals surface area contributed by atoms with Crippen LogP contribution in [0.3, 0.4) is 0 Å². The molecule has 2 aromatic rings. The molecule has 0 aliphatic carbocycles. The van der Waals surface area contributed by atoms with Gasteiger partial charge in [-0.15, -0.1) is 10.2 Å². The highest BCUT2D eigenvalue weighted by molar-refractivity contribution is 6.31. The van der Waals surface area contributed by atoms with Crippen LogP contribution in [-0.2, 0) is 16.6 Å². The number of anilines is 1. The Morgan fingerprint density at radius 3 is 2.80 bits per heavy atom. The number of hydrogen-bond acceptors (Lipinski definition) is 5. The standard InChI is InChI=1S/C16H17ClN6O2/c1-9-13(15(24)19-10(2)14-20-18-8-22(14)3)16(25)23(21-9)12-6-4-5-11(17)7-12/h4-8,10,13H,1-3H3,(H,19,24). The molecular weight excluding hydrogens is 344 g/mol. The molecule has 2 atom stereocenters. The van der Waals surface area contributed by atoms with Gasteiger partial charge >= 0.3 is 0 Å². The Morgan fingerprint density at radius 2 is 2.16 bits per heavy atom. The normalized spacial score (nSPS) is 18.2. The fraction of sp³-hybridized carbons (Fsp3) is 0.312. The summed E-state index contributed by atoms with van der Waals surface area (Å²) in [6, 6.07) is 6.37. The zero-order chi connectivity index (χ0) is 18.1. The summed E-state index contributed by atoms with van der Waals surface area (Å²) in [5, 5.41) is 16.5. The third-order valence-corrected chi connectivity index (χ3v) is 4.17. The smallest absolute Gasteiger partial charge is 0.265 e. The molecule has 8 nitrogen and oxygen atoms in total. The van der Waals surface area contributed by atoms with Crippen LogP contribution >= 0.6 is 11.6 Å². The molecule has 1 aromatic carbocycles. The van der Waals surface area contributed by atoms with Gasteiger partial charge in [-0.1, -0.05) is 17.7 Å². The fourth-order valence-electron chi connectivity index (χ4n) is 2.71. The van der Waals surface area contributed by atoms with Crippen molar-refractivity contribution in [3.8, 4) is 0 Å². The summed E-state index contributed by atoms with van der Waals surface area (Å²) in [7, 11) is 1.78. The molecule has 0 bridgehead atoms. The van der Waals surface area contributed by atoms with Crippen LogP contribution in [0.1, 0.15) is 25.7 Å². The minimum absolute atomic E-state index is 0.388. The van der Waals surface area contributed by atoms with Gasteiger partial charge < -0.3 is 9.88 Å². The predicted molar refractivity (Wildman–Crippen MR) is 93.1 cm³/mol. The lowest BCUT2D eigenvalue weighted by atomic mass is 10.0. The van der Waals surface area contributed by atoms with E-state index in [0.717, 1.165) is 0 Å². The van der Waals surface area contributed by atoms with Crippen molar-refractivity contribution in [3.63, 3.8) is 0 Å². The largest absolute Gasteiger partial charge is 0.345 e. The Bertz CT molecular complexity index is 862. The average Bonchev–Trinajstić information content (AvgIpc) is 3.10. The van der Waals surface area contributed by atoms with Gasteiger partial charge in [0.15, 0.2) is 11.7 Å². The SMILES string of the molecule is CC1=NN(c2cccc(Cl)c2)C(=O)C1C(=O)NC(C)c1nncn1C. The van der Waals surface area contributed by atoms with Crippen LogP contribution in [0.5, 0.6) is 0 Å². The van der Waals surface area contributed by atoms with Crippen molar-refractivity contribution in [1.29, 1.82) is 0 Å². The number of nitrogens with zero attached hydrogens (tertiary/aromatic N) is 5. The number of hydrogen-bond donors (Lipinski definition) is 1. The number of aryl methyl sites for hydroxylation is 1. The lowest BCUT2D eigenvalue weighted by molar-refractivity contribution is -0.130. The van der Waals surface area contributed by atoms with Crippen LogP contribution in [0.4, 0.5) is 5.69 Å². The van der Waals surface area contributed by atoms with Crippen LogP contribution in [-0.4, -0.2) is 32.3 Å². The van der Waals surface area contributed by atoms with Gasteiger partial charge in [-0.05, 0) is 32.0 Å². The van der Waals surface area contributed by atoms with Crippen molar-refractivity contribution in [2.45, 2.75) is 19.9 Å². The maximum absolute atomic E-state index is 12.7. The second-order valence-electron chi connectivity index (χ2n) is 5.83. The highest BCUT2D eigenvalue weighted by atomic mass is 35.5. The maximum Gasteiger partial charge on any atom is 0.265 e. The number of carbonyl (C=O) groups is 2. The Kier molecular flexibility index (Phi) is 4.54. The van der Waals surface area contributed by atoms with E-state index >= 15 is 0 Å². The van der Waals surface area contributed by atoms with Crippen LogP contribution in [0, 0.1) is 5.92 Å². The molecule has 1 aliphatic heterocycles. The summed E-state index contributed by atoms with van der Waals surface area (Å²) < 4.78 is 1.71. The zero-order valence-corrected chi connectivity index (χ0v) is 14.7. The Hall–Kier alpha value is -2.74. The first-order valence-electron chi connectivity index (χ1n) is 7.67. The van der Waals surface area contributed by atoms with Crippen LogP contribution in [0.25, 0.3) is 0 Å². The number of hydrazone groups is 1. The van der Waals surface area contributed by atoms with E-state index in [4.69, 9.17) is 11.6 Å². The second-order valence-corrected chi connectivity index (χ2v) is 6.27. The van der Waals surface area contributed by atoms with Crippen LogP contribution < -0.4 is 10.3 Å². The van der Waals surface area contributed by atoms with E-state index in [9.17, 15) is 9.59 Å². The van der Waals surface area contributed by atoms with Gasteiger partial charge in [0.05, 0.1) is 17.4 Å². The maximum atomic E-state index is 12.7. The lowest BCUT2D eigenvalue weighted by Gasteiger charge is -2.17. The monoisotopic (exact) mass is 360 g/mol. The Labute approximate surface area is 149 Å². The molecule has 0 saturated carbocycles. The molecule has 130 valence electrons. The van der Waals surface area contributed by atoms with Crippen molar-refractivity contribution in [3.05, 3.63) is 41.4 Å².